The van der Waals surface area contributed by atoms with Crippen molar-refractivity contribution in [3.8, 4) is 5.75 Å². The summed E-state index contributed by atoms with van der Waals surface area (Å²) in [4.78, 5) is 22.6. The fourth-order valence-corrected chi connectivity index (χ4v) is 1.81. The number of anilines is 1. The molecule has 2 N–H and O–H groups in total. The first-order valence-corrected chi connectivity index (χ1v) is 7.02. The van der Waals surface area contributed by atoms with Gasteiger partial charge in [-0.2, -0.15) is 0 Å². The molecular formula is C15H21FN2O4. The Balaban J connectivity index is 2.25. The van der Waals surface area contributed by atoms with E-state index in [0.717, 1.165) is 19.3 Å². The third-order valence-electron chi connectivity index (χ3n) is 2.98. The predicted molar refractivity (Wildman–Crippen MR) is 80.5 cm³/mol. The zero-order valence-electron chi connectivity index (χ0n) is 12.8. The summed E-state index contributed by atoms with van der Waals surface area (Å²) in [6.07, 6.45) is 2.68. The molecule has 122 valence electrons. The maximum Gasteiger partial charge on any atom is 0.319 e. The Hall–Kier alpha value is -2.31. The van der Waals surface area contributed by atoms with E-state index in [0.29, 0.717) is 18.7 Å². The molecule has 0 atom stereocenters. The summed E-state index contributed by atoms with van der Waals surface area (Å²) in [6, 6.07) is 3.48. The van der Waals surface area contributed by atoms with E-state index < -0.39 is 11.8 Å². The van der Waals surface area contributed by atoms with Crippen molar-refractivity contribution in [1.29, 1.82) is 0 Å². The Kier molecular flexibility index (Phi) is 7.74. The molecule has 0 aliphatic heterocycles. The summed E-state index contributed by atoms with van der Waals surface area (Å²) < 4.78 is 22.6. The van der Waals surface area contributed by atoms with Crippen molar-refractivity contribution in [2.75, 3.05) is 26.1 Å². The molecule has 1 aromatic rings. The molecule has 0 aromatic heterocycles. The summed E-state index contributed by atoms with van der Waals surface area (Å²) in [7, 11) is 2.76. The SMILES string of the molecule is COC(=O)CCCCCNC(=O)Nc1ccc(F)cc1OC. The number of halogens is 1. The molecule has 7 heteroatoms. The standard InChI is InChI=1S/C15H21FN2O4/c1-21-13-10-11(16)7-8-12(13)18-15(20)17-9-5-3-4-6-14(19)22-2/h7-8,10H,3-6,9H2,1-2H3,(H2,17,18,20). The number of hydrogen-bond acceptors (Lipinski definition) is 4. The molecule has 0 saturated heterocycles. The number of methoxy groups -OCH3 is 2. The van der Waals surface area contributed by atoms with Crippen LogP contribution in [0.3, 0.4) is 0 Å². The molecule has 0 spiro atoms. The summed E-state index contributed by atoms with van der Waals surface area (Å²) in [5, 5.41) is 5.27. The van der Waals surface area contributed by atoms with E-state index in [4.69, 9.17) is 4.74 Å². The van der Waals surface area contributed by atoms with Crippen LogP contribution in [0.15, 0.2) is 18.2 Å². The molecule has 1 rings (SSSR count). The lowest BCUT2D eigenvalue weighted by atomic mass is 10.2. The minimum absolute atomic E-state index is 0.228. The van der Waals surface area contributed by atoms with Gasteiger partial charge in [0, 0.05) is 19.0 Å². The molecule has 1 aromatic carbocycles. The summed E-state index contributed by atoms with van der Waals surface area (Å²) >= 11 is 0. The molecule has 0 fully saturated rings. The highest BCUT2D eigenvalue weighted by atomic mass is 19.1. The van der Waals surface area contributed by atoms with Gasteiger partial charge >= 0.3 is 12.0 Å². The minimum Gasteiger partial charge on any atom is -0.494 e. The van der Waals surface area contributed by atoms with Crippen molar-refractivity contribution in [2.24, 2.45) is 0 Å². The molecule has 0 bridgehead atoms. The molecule has 0 saturated carbocycles. The van der Waals surface area contributed by atoms with Crippen LogP contribution in [0.2, 0.25) is 0 Å². The quantitative estimate of drug-likeness (QED) is 0.571. The Morgan fingerprint density at radius 2 is 1.95 bits per heavy atom. The number of carbonyl (C=O) groups is 2. The molecule has 0 radical (unpaired) electrons. The van der Waals surface area contributed by atoms with Crippen molar-refractivity contribution in [3.63, 3.8) is 0 Å². The predicted octanol–water partition coefficient (Wildman–Crippen LogP) is 2.69. The van der Waals surface area contributed by atoms with Crippen LogP contribution in [-0.2, 0) is 9.53 Å². The van der Waals surface area contributed by atoms with Gasteiger partial charge in [0.1, 0.15) is 11.6 Å². The van der Waals surface area contributed by atoms with Gasteiger partial charge in [0.15, 0.2) is 0 Å². The van der Waals surface area contributed by atoms with Gasteiger partial charge in [-0.25, -0.2) is 9.18 Å². The molecule has 2 amide bonds. The maximum absolute atomic E-state index is 13.0. The summed E-state index contributed by atoms with van der Waals surface area (Å²) in [6.45, 7) is 0.483. The van der Waals surface area contributed by atoms with Gasteiger partial charge in [-0.05, 0) is 25.0 Å². The second-order valence-corrected chi connectivity index (χ2v) is 4.61. The molecular weight excluding hydrogens is 291 g/mol. The van der Waals surface area contributed by atoms with Gasteiger partial charge in [0.25, 0.3) is 0 Å². The highest BCUT2D eigenvalue weighted by Crippen LogP contribution is 2.24. The number of unbranched alkanes of at least 4 members (excludes halogenated alkanes) is 2. The first-order valence-electron chi connectivity index (χ1n) is 7.02. The van der Waals surface area contributed by atoms with Gasteiger partial charge in [-0.3, -0.25) is 4.79 Å². The zero-order chi connectivity index (χ0) is 16.4. The van der Waals surface area contributed by atoms with Gasteiger partial charge in [-0.1, -0.05) is 6.42 Å². The number of rotatable bonds is 8. The van der Waals surface area contributed by atoms with Crippen LogP contribution < -0.4 is 15.4 Å². The average Bonchev–Trinajstić information content (AvgIpc) is 2.52. The highest BCUT2D eigenvalue weighted by Gasteiger charge is 2.08. The van der Waals surface area contributed by atoms with Crippen LogP contribution in [0.4, 0.5) is 14.9 Å². The van der Waals surface area contributed by atoms with Gasteiger partial charge in [0.05, 0.1) is 19.9 Å². The third-order valence-corrected chi connectivity index (χ3v) is 2.98. The number of urea groups is 1. The Morgan fingerprint density at radius 1 is 1.18 bits per heavy atom. The van der Waals surface area contributed by atoms with Crippen molar-refractivity contribution in [1.82, 2.24) is 5.32 Å². The largest absolute Gasteiger partial charge is 0.494 e. The topological polar surface area (TPSA) is 76.7 Å². The molecule has 22 heavy (non-hydrogen) atoms. The van der Waals surface area contributed by atoms with Crippen LogP contribution in [0.25, 0.3) is 0 Å². The van der Waals surface area contributed by atoms with E-state index in [2.05, 4.69) is 15.4 Å². The van der Waals surface area contributed by atoms with Crippen LogP contribution in [0, 0.1) is 5.82 Å². The summed E-state index contributed by atoms with van der Waals surface area (Å²) in [5.74, 6) is -0.407. The number of nitrogens with one attached hydrogen (secondary N) is 2. The van der Waals surface area contributed by atoms with Gasteiger partial charge in [0.2, 0.25) is 0 Å². The number of ether oxygens (including phenoxy) is 2. The van der Waals surface area contributed by atoms with E-state index in [1.54, 1.807) is 0 Å². The fraction of sp³-hybridized carbons (Fsp3) is 0.467. The molecule has 6 nitrogen and oxygen atoms in total. The number of esters is 1. The third kappa shape index (κ3) is 6.43. The Labute approximate surface area is 129 Å². The number of amides is 2. The normalized spacial score (nSPS) is 9.95. The second-order valence-electron chi connectivity index (χ2n) is 4.61. The number of benzene rings is 1. The van der Waals surface area contributed by atoms with E-state index in [1.807, 2.05) is 0 Å². The average molecular weight is 312 g/mol. The Morgan fingerprint density at radius 3 is 2.64 bits per heavy atom. The smallest absolute Gasteiger partial charge is 0.319 e. The minimum atomic E-state index is -0.437. The van der Waals surface area contributed by atoms with Crippen molar-refractivity contribution in [3.05, 3.63) is 24.0 Å². The molecule has 0 unspecified atom stereocenters. The van der Waals surface area contributed by atoms with Crippen LogP contribution in [0.5, 0.6) is 5.75 Å². The molecule has 0 aliphatic carbocycles. The van der Waals surface area contributed by atoms with E-state index in [9.17, 15) is 14.0 Å². The van der Waals surface area contributed by atoms with Crippen LogP contribution in [-0.4, -0.2) is 32.8 Å². The first-order chi connectivity index (χ1) is 10.6. The maximum atomic E-state index is 13.0. The van der Waals surface area contributed by atoms with Gasteiger partial charge < -0.3 is 20.1 Å². The summed E-state index contributed by atoms with van der Waals surface area (Å²) in [5.41, 5.74) is 0.395. The molecule has 0 heterocycles. The van der Waals surface area contributed by atoms with E-state index in [-0.39, 0.29) is 11.7 Å². The number of hydrogen-bond donors (Lipinski definition) is 2. The van der Waals surface area contributed by atoms with Crippen LogP contribution in [0.1, 0.15) is 25.7 Å². The lowest BCUT2D eigenvalue weighted by Gasteiger charge is -2.11. The monoisotopic (exact) mass is 312 g/mol. The van der Waals surface area contributed by atoms with Gasteiger partial charge in [-0.15, -0.1) is 0 Å². The zero-order valence-corrected chi connectivity index (χ0v) is 12.8. The molecule has 0 aliphatic rings. The van der Waals surface area contributed by atoms with Crippen molar-refractivity contribution < 1.29 is 23.5 Å². The van der Waals surface area contributed by atoms with Crippen molar-refractivity contribution >= 4 is 17.7 Å². The fourth-order valence-electron chi connectivity index (χ4n) is 1.81. The van der Waals surface area contributed by atoms with Crippen molar-refractivity contribution in [2.45, 2.75) is 25.7 Å². The first kappa shape index (κ1) is 17.7. The number of carbonyl (C=O) groups excluding carboxylic acids is 2. The highest BCUT2D eigenvalue weighted by molar-refractivity contribution is 5.90. The van der Waals surface area contributed by atoms with E-state index in [1.165, 1.54) is 32.4 Å². The lowest BCUT2D eigenvalue weighted by molar-refractivity contribution is -0.140. The second kappa shape index (κ2) is 9.59. The lowest BCUT2D eigenvalue weighted by Crippen LogP contribution is -2.29. The Bertz CT molecular complexity index is 508. The van der Waals surface area contributed by atoms with E-state index >= 15 is 0 Å². The van der Waals surface area contributed by atoms with Crippen LogP contribution >= 0.6 is 0 Å².